The molecule has 15 heteroatoms. The predicted molar refractivity (Wildman–Crippen MR) is 179 cm³/mol. The monoisotopic (exact) mass is 706 g/mol. The van der Waals surface area contributed by atoms with Crippen molar-refractivity contribution in [2.75, 3.05) is 17.2 Å². The number of alkyl halides is 3. The molecule has 2 aromatic heterocycles. The van der Waals surface area contributed by atoms with Crippen LogP contribution in [0.15, 0.2) is 97.1 Å². The van der Waals surface area contributed by atoms with Gasteiger partial charge in [0.2, 0.25) is 11.2 Å². The third-order valence-electron chi connectivity index (χ3n) is 7.26. The summed E-state index contributed by atoms with van der Waals surface area (Å²) < 4.78 is 46.8. The molecule has 0 bridgehead atoms. The number of hydrogen-bond acceptors (Lipinski definition) is 11. The minimum atomic E-state index is -4.74. The molecule has 5 rings (SSSR count). The molecular formula is C35H33F3N6O5S. The molecule has 1 amide bonds. The van der Waals surface area contributed by atoms with Crippen molar-refractivity contribution in [3.63, 3.8) is 0 Å². The van der Waals surface area contributed by atoms with Crippen molar-refractivity contribution in [1.29, 1.82) is 0 Å². The number of carbonyl (C=O) groups excluding carboxylic acids is 2. The van der Waals surface area contributed by atoms with E-state index in [-0.39, 0.29) is 10.9 Å². The number of esters is 1. The van der Waals surface area contributed by atoms with Gasteiger partial charge < -0.3 is 19.9 Å². The number of aryl methyl sites for hydroxylation is 2. The van der Waals surface area contributed by atoms with E-state index in [0.29, 0.717) is 53.3 Å². The molecule has 2 atom stereocenters. The maximum absolute atomic E-state index is 13.2. The molecule has 0 aliphatic rings. The topological polar surface area (TPSA) is 148 Å². The minimum Gasteiger partial charge on any atom is -0.445 e. The molecule has 0 aliphatic heterocycles. The Morgan fingerprint density at radius 2 is 1.52 bits per heavy atom. The number of rotatable bonds is 16. The third-order valence-corrected chi connectivity index (χ3v) is 8.15. The van der Waals surface area contributed by atoms with Crippen LogP contribution in [0.3, 0.4) is 0 Å². The Morgan fingerprint density at radius 3 is 2.22 bits per heavy atom. The summed E-state index contributed by atoms with van der Waals surface area (Å²) in [5, 5.41) is 33.9. The molecule has 0 saturated carbocycles. The van der Waals surface area contributed by atoms with Gasteiger partial charge in [0.05, 0.1) is 5.69 Å². The van der Waals surface area contributed by atoms with Crippen LogP contribution in [0.2, 0.25) is 0 Å². The summed E-state index contributed by atoms with van der Waals surface area (Å²) in [7, 11) is 0. The lowest BCUT2D eigenvalue weighted by molar-refractivity contribution is -0.274. The van der Waals surface area contributed by atoms with Crippen molar-refractivity contribution in [2.45, 2.75) is 50.7 Å². The molecular weight excluding hydrogens is 673 g/mol. The number of hydrogen-bond donors (Lipinski definition) is 3. The summed E-state index contributed by atoms with van der Waals surface area (Å²) in [5.74, 6) is -1.30. The number of anilines is 2. The number of halogens is 3. The van der Waals surface area contributed by atoms with Crippen molar-refractivity contribution < 1.29 is 37.3 Å². The molecule has 3 N–H and O–H groups in total. The van der Waals surface area contributed by atoms with Crippen LogP contribution < -0.4 is 15.4 Å². The van der Waals surface area contributed by atoms with Crippen LogP contribution in [0.4, 0.5) is 24.1 Å². The van der Waals surface area contributed by atoms with Gasteiger partial charge in [-0.2, -0.15) is 5.10 Å². The van der Waals surface area contributed by atoms with E-state index >= 15 is 0 Å². The largest absolute Gasteiger partial charge is 0.573 e. The highest BCUT2D eigenvalue weighted by molar-refractivity contribution is 7.15. The Bertz CT molecular complexity index is 1830. The first-order chi connectivity index (χ1) is 24.1. The Hall–Kier alpha value is -5.41. The second-order valence-electron chi connectivity index (χ2n) is 11.0. The fraction of sp³-hybridized carbons (Fsp3) is 0.257. The maximum Gasteiger partial charge on any atom is 0.573 e. The average molecular weight is 707 g/mol. The number of amides is 1. The number of aliphatic hydroxyl groups is 1. The lowest BCUT2D eigenvalue weighted by Gasteiger charge is -2.19. The first-order valence-electron chi connectivity index (χ1n) is 15.7. The van der Waals surface area contributed by atoms with Gasteiger partial charge in [-0.25, -0.2) is 4.79 Å². The van der Waals surface area contributed by atoms with E-state index in [1.807, 2.05) is 6.07 Å². The zero-order chi connectivity index (χ0) is 35.3. The highest BCUT2D eigenvalue weighted by atomic mass is 32.1. The third kappa shape index (κ3) is 11.1. The van der Waals surface area contributed by atoms with Gasteiger partial charge in [0.15, 0.2) is 6.10 Å². The number of nitrogens with zero attached hydrogens (tertiary/aromatic N) is 4. The molecule has 5 aromatic rings. The number of benzene rings is 3. The van der Waals surface area contributed by atoms with E-state index in [2.05, 4.69) is 35.8 Å². The predicted octanol–water partition coefficient (Wildman–Crippen LogP) is 6.40. The smallest absolute Gasteiger partial charge is 0.445 e. The molecule has 0 spiro atoms. The molecule has 0 aliphatic carbocycles. The molecule has 11 nitrogen and oxygen atoms in total. The van der Waals surface area contributed by atoms with Crippen molar-refractivity contribution in [1.82, 2.24) is 20.4 Å². The van der Waals surface area contributed by atoms with Crippen LogP contribution in [-0.2, 0) is 33.6 Å². The summed E-state index contributed by atoms with van der Waals surface area (Å²) in [5.41, 5.74) is 2.26. The van der Waals surface area contributed by atoms with E-state index in [1.165, 1.54) is 29.5 Å². The Morgan fingerprint density at radius 1 is 0.800 bits per heavy atom. The van der Waals surface area contributed by atoms with Crippen LogP contribution in [0, 0.1) is 0 Å². The lowest BCUT2D eigenvalue weighted by atomic mass is 10.1. The normalized spacial score (nSPS) is 12.5. The summed E-state index contributed by atoms with van der Waals surface area (Å²) in [6.07, 6.45) is -4.27. The van der Waals surface area contributed by atoms with Gasteiger partial charge in [-0.3, -0.25) is 10.1 Å². The van der Waals surface area contributed by atoms with Crippen molar-refractivity contribution in [2.24, 2.45) is 0 Å². The zero-order valence-corrected chi connectivity index (χ0v) is 27.4. The number of ether oxygens (including phenoxy) is 2. The van der Waals surface area contributed by atoms with Gasteiger partial charge in [-0.1, -0.05) is 84.1 Å². The number of aliphatic hydroxyl groups excluding tert-OH is 1. The van der Waals surface area contributed by atoms with Gasteiger partial charge in [0.1, 0.15) is 16.6 Å². The fourth-order valence-electron chi connectivity index (χ4n) is 4.83. The molecule has 260 valence electrons. The highest BCUT2D eigenvalue weighted by Crippen LogP contribution is 2.26. The summed E-state index contributed by atoms with van der Waals surface area (Å²) in [6.45, 7) is 0.448. The van der Waals surface area contributed by atoms with Gasteiger partial charge in [-0.15, -0.1) is 28.5 Å². The highest BCUT2D eigenvalue weighted by Gasteiger charge is 2.31. The molecule has 2 unspecified atom stereocenters. The van der Waals surface area contributed by atoms with E-state index in [1.54, 1.807) is 72.8 Å². The average Bonchev–Trinajstić information content (AvgIpc) is 3.56. The standard InChI is InChI=1S/C35H33F3N6O5S/c36-35(37,38)49-27-16-9-10-23(22-27)20-21-39-28-19-18-26(41-42-28)15-7-8-17-29-43-44-34(50-29)40-32(46)31(25-13-5-2-6-14-25)48-33(47)30(45)24-11-3-1-4-12-24/h1-6,9-14,16,18-19,22,30-31,45H,7-8,15,17,20-21H2,(H,39,42)(H,40,44,46). The quantitative estimate of drug-likeness (QED) is 0.0777. The van der Waals surface area contributed by atoms with Crippen LogP contribution in [0.5, 0.6) is 5.75 Å². The van der Waals surface area contributed by atoms with Crippen molar-refractivity contribution >= 4 is 34.2 Å². The Balaban J connectivity index is 1.05. The second kappa shape index (κ2) is 17.3. The van der Waals surface area contributed by atoms with Gasteiger partial charge in [0, 0.05) is 18.5 Å². The summed E-state index contributed by atoms with van der Waals surface area (Å²) in [4.78, 5) is 26.0. The van der Waals surface area contributed by atoms with E-state index < -0.39 is 30.4 Å². The number of nitrogens with one attached hydrogen (secondary N) is 2. The van der Waals surface area contributed by atoms with E-state index in [9.17, 15) is 27.9 Å². The molecule has 2 heterocycles. The second-order valence-corrected chi connectivity index (χ2v) is 12.1. The number of carbonyl (C=O) groups is 2. The maximum atomic E-state index is 13.2. The SMILES string of the molecule is O=C(OC(C(=O)Nc1nnc(CCCCc2ccc(NCCc3cccc(OC(F)(F)F)c3)nn2)s1)c1ccccc1)C(O)c1ccccc1. The van der Waals surface area contributed by atoms with Crippen molar-refractivity contribution in [3.05, 3.63) is 124 Å². The van der Waals surface area contributed by atoms with Crippen LogP contribution in [0.25, 0.3) is 0 Å². The number of aromatic nitrogens is 4. The summed E-state index contributed by atoms with van der Waals surface area (Å²) in [6, 6.07) is 26.3. The molecule has 0 radical (unpaired) electrons. The molecule has 0 saturated heterocycles. The zero-order valence-electron chi connectivity index (χ0n) is 26.5. The number of unbranched alkanes of at least 4 members (excludes halogenated alkanes) is 1. The Labute approximate surface area is 289 Å². The van der Waals surface area contributed by atoms with Gasteiger partial charge in [-0.05, 0) is 61.1 Å². The molecule has 50 heavy (non-hydrogen) atoms. The first kappa shape index (κ1) is 35.9. The van der Waals surface area contributed by atoms with Gasteiger partial charge >= 0.3 is 12.3 Å². The first-order valence-corrected chi connectivity index (χ1v) is 16.5. The van der Waals surface area contributed by atoms with Crippen LogP contribution in [-0.4, -0.2) is 50.3 Å². The van der Waals surface area contributed by atoms with Crippen LogP contribution in [0.1, 0.15) is 52.4 Å². The van der Waals surface area contributed by atoms with Crippen molar-refractivity contribution in [3.8, 4) is 5.75 Å². The fourth-order valence-corrected chi connectivity index (χ4v) is 5.62. The molecule has 0 fully saturated rings. The van der Waals surface area contributed by atoms with Gasteiger partial charge in [0.25, 0.3) is 5.91 Å². The van der Waals surface area contributed by atoms with Crippen LogP contribution >= 0.6 is 11.3 Å². The minimum absolute atomic E-state index is 0.252. The van der Waals surface area contributed by atoms with E-state index in [4.69, 9.17) is 4.74 Å². The van der Waals surface area contributed by atoms with E-state index in [0.717, 1.165) is 18.5 Å². The Kier molecular flexibility index (Phi) is 12.4. The molecule has 3 aromatic carbocycles. The summed E-state index contributed by atoms with van der Waals surface area (Å²) >= 11 is 1.22. The lowest BCUT2D eigenvalue weighted by Crippen LogP contribution is -2.28.